The summed E-state index contributed by atoms with van der Waals surface area (Å²) >= 11 is 0. The van der Waals surface area contributed by atoms with Crippen molar-refractivity contribution in [3.05, 3.63) is 206 Å². The smallest absolute Gasteiger partial charge is 0.143 e. The zero-order chi connectivity index (χ0) is 37.5. The predicted molar refractivity (Wildman–Crippen MR) is 243 cm³/mol. The standard InChI is InChI=1S/C56H34O/c1-2-17-36(18-3-1)51-39-20-6-12-26-45(39)54(46-27-13-7-21-40(46)51)48-29-14-30-49-55-47(28-15-31-50(55)57-56(48)49)53-43-24-10-8-22-41(43)52(42-23-9-11-25-44(42)53)38-33-32-35-16-4-5-19-37(35)34-38/h1-34H. The summed E-state index contributed by atoms with van der Waals surface area (Å²) in [5.41, 5.74) is 11.5. The number of para-hydroxylation sites is 1. The van der Waals surface area contributed by atoms with Crippen LogP contribution in [0.1, 0.15) is 0 Å². The van der Waals surface area contributed by atoms with E-state index in [0.29, 0.717) is 0 Å². The molecule has 0 spiro atoms. The molecule has 0 aliphatic carbocycles. The van der Waals surface area contributed by atoms with Gasteiger partial charge in [-0.2, -0.15) is 0 Å². The van der Waals surface area contributed by atoms with Gasteiger partial charge in [0.25, 0.3) is 0 Å². The lowest BCUT2D eigenvalue weighted by atomic mass is 9.84. The fourth-order valence-electron chi connectivity index (χ4n) is 9.66. The Morgan fingerprint density at radius 3 is 1.30 bits per heavy atom. The first kappa shape index (κ1) is 31.8. The van der Waals surface area contributed by atoms with Crippen molar-refractivity contribution in [3.63, 3.8) is 0 Å². The molecule has 0 bridgehead atoms. The Morgan fingerprint density at radius 1 is 0.263 bits per heavy atom. The summed E-state index contributed by atoms with van der Waals surface area (Å²) in [6.45, 7) is 0. The molecule has 0 atom stereocenters. The molecule has 12 aromatic rings. The molecule has 11 aromatic carbocycles. The maximum Gasteiger partial charge on any atom is 0.143 e. The van der Waals surface area contributed by atoms with Crippen molar-refractivity contribution in [2.24, 2.45) is 0 Å². The largest absolute Gasteiger partial charge is 0.455 e. The number of rotatable bonds is 4. The third kappa shape index (κ3) is 4.76. The highest BCUT2D eigenvalue weighted by Crippen LogP contribution is 2.50. The molecule has 1 nitrogen and oxygen atoms in total. The topological polar surface area (TPSA) is 13.1 Å². The van der Waals surface area contributed by atoms with Crippen LogP contribution in [0.2, 0.25) is 0 Å². The molecule has 0 aliphatic heterocycles. The minimum atomic E-state index is 0.885. The van der Waals surface area contributed by atoms with Gasteiger partial charge in [-0.25, -0.2) is 0 Å². The van der Waals surface area contributed by atoms with Crippen LogP contribution in [0.15, 0.2) is 211 Å². The quantitative estimate of drug-likeness (QED) is 0.165. The lowest BCUT2D eigenvalue weighted by Gasteiger charge is -2.18. The van der Waals surface area contributed by atoms with Crippen LogP contribution in [0.4, 0.5) is 0 Å². The van der Waals surface area contributed by atoms with E-state index in [1.54, 1.807) is 0 Å². The summed E-state index contributed by atoms with van der Waals surface area (Å²) in [5.74, 6) is 0. The summed E-state index contributed by atoms with van der Waals surface area (Å²) < 4.78 is 7.07. The summed E-state index contributed by atoms with van der Waals surface area (Å²) in [6, 6.07) is 75.1. The fraction of sp³-hybridized carbons (Fsp3) is 0. The Bertz CT molecular complexity index is 3460. The lowest BCUT2D eigenvalue weighted by Crippen LogP contribution is -1.91. The van der Waals surface area contributed by atoms with Gasteiger partial charge in [0.2, 0.25) is 0 Å². The van der Waals surface area contributed by atoms with E-state index in [4.69, 9.17) is 4.42 Å². The predicted octanol–water partition coefficient (Wildman–Crippen LogP) is 16.0. The second-order valence-electron chi connectivity index (χ2n) is 15.1. The normalized spacial score (nSPS) is 11.9. The van der Waals surface area contributed by atoms with Gasteiger partial charge >= 0.3 is 0 Å². The van der Waals surface area contributed by atoms with Crippen LogP contribution in [0, 0.1) is 0 Å². The van der Waals surface area contributed by atoms with E-state index in [1.807, 2.05) is 0 Å². The van der Waals surface area contributed by atoms with Gasteiger partial charge in [0.05, 0.1) is 0 Å². The average Bonchev–Trinajstić information content (AvgIpc) is 3.67. The van der Waals surface area contributed by atoms with Gasteiger partial charge < -0.3 is 4.42 Å². The van der Waals surface area contributed by atoms with Crippen LogP contribution in [-0.2, 0) is 0 Å². The summed E-state index contributed by atoms with van der Waals surface area (Å²) in [7, 11) is 0. The molecule has 1 aromatic heterocycles. The molecule has 0 saturated heterocycles. The minimum Gasteiger partial charge on any atom is -0.455 e. The van der Waals surface area contributed by atoms with E-state index >= 15 is 0 Å². The molecule has 12 rings (SSSR count). The third-order valence-corrected chi connectivity index (χ3v) is 12.0. The highest BCUT2D eigenvalue weighted by molar-refractivity contribution is 6.28. The van der Waals surface area contributed by atoms with Crippen molar-refractivity contribution in [3.8, 4) is 44.5 Å². The molecule has 1 heterocycles. The average molecular weight is 723 g/mol. The van der Waals surface area contributed by atoms with Gasteiger partial charge in [0.15, 0.2) is 0 Å². The molecule has 0 unspecified atom stereocenters. The molecule has 1 heteroatoms. The Labute approximate surface area is 329 Å². The second kappa shape index (κ2) is 12.5. The first-order chi connectivity index (χ1) is 28.3. The van der Waals surface area contributed by atoms with E-state index in [9.17, 15) is 0 Å². The van der Waals surface area contributed by atoms with E-state index in [1.165, 1.54) is 92.8 Å². The number of benzene rings is 11. The summed E-state index contributed by atoms with van der Waals surface area (Å²) in [6.07, 6.45) is 0. The molecule has 264 valence electrons. The zero-order valence-corrected chi connectivity index (χ0v) is 31.0. The lowest BCUT2D eigenvalue weighted by molar-refractivity contribution is 0.670. The van der Waals surface area contributed by atoms with Gasteiger partial charge in [0, 0.05) is 21.9 Å². The van der Waals surface area contributed by atoms with Gasteiger partial charge in [0.1, 0.15) is 11.2 Å². The minimum absolute atomic E-state index is 0.885. The fourth-order valence-corrected chi connectivity index (χ4v) is 9.66. The first-order valence-electron chi connectivity index (χ1n) is 19.7. The molecule has 0 saturated carbocycles. The van der Waals surface area contributed by atoms with Crippen molar-refractivity contribution in [2.75, 3.05) is 0 Å². The maximum atomic E-state index is 7.07. The molecular formula is C56H34O. The Morgan fingerprint density at radius 2 is 0.702 bits per heavy atom. The molecule has 0 fully saturated rings. The second-order valence-corrected chi connectivity index (χ2v) is 15.1. The van der Waals surface area contributed by atoms with Gasteiger partial charge in [-0.3, -0.25) is 0 Å². The highest BCUT2D eigenvalue weighted by Gasteiger charge is 2.23. The Hall–Kier alpha value is -7.48. The van der Waals surface area contributed by atoms with E-state index in [2.05, 4.69) is 206 Å². The van der Waals surface area contributed by atoms with Crippen LogP contribution < -0.4 is 0 Å². The SMILES string of the molecule is c1ccc(-c2c3ccccc3c(-c3cccc4c3oc3cccc(-c5c6ccccc6c(-c6ccc7ccccc7c6)c6ccccc56)c34)c3ccccc23)cc1. The number of furan rings is 1. The molecule has 0 aliphatic rings. The highest BCUT2D eigenvalue weighted by atomic mass is 16.3. The molecule has 0 N–H and O–H groups in total. The number of hydrogen-bond donors (Lipinski definition) is 0. The number of fused-ring (bicyclic) bond motifs is 8. The molecular weight excluding hydrogens is 689 g/mol. The van der Waals surface area contributed by atoms with E-state index in [0.717, 1.165) is 27.5 Å². The van der Waals surface area contributed by atoms with Crippen LogP contribution in [0.25, 0.3) is 120 Å². The molecule has 57 heavy (non-hydrogen) atoms. The van der Waals surface area contributed by atoms with Gasteiger partial charge in [-0.05, 0) is 99.4 Å². The van der Waals surface area contributed by atoms with Crippen LogP contribution in [0.3, 0.4) is 0 Å². The van der Waals surface area contributed by atoms with E-state index < -0.39 is 0 Å². The van der Waals surface area contributed by atoms with Crippen molar-refractivity contribution < 1.29 is 4.42 Å². The third-order valence-electron chi connectivity index (χ3n) is 12.0. The molecule has 0 radical (unpaired) electrons. The Kier molecular flexibility index (Phi) is 7.00. The maximum absolute atomic E-state index is 7.07. The van der Waals surface area contributed by atoms with Crippen LogP contribution in [0.5, 0.6) is 0 Å². The van der Waals surface area contributed by atoms with Crippen LogP contribution in [-0.4, -0.2) is 0 Å². The van der Waals surface area contributed by atoms with Gasteiger partial charge in [-0.15, -0.1) is 0 Å². The monoisotopic (exact) mass is 722 g/mol. The van der Waals surface area contributed by atoms with E-state index in [-0.39, 0.29) is 0 Å². The molecule has 0 amide bonds. The van der Waals surface area contributed by atoms with Crippen molar-refractivity contribution in [2.45, 2.75) is 0 Å². The van der Waals surface area contributed by atoms with Gasteiger partial charge in [-0.1, -0.05) is 194 Å². The van der Waals surface area contributed by atoms with Crippen molar-refractivity contribution in [1.29, 1.82) is 0 Å². The number of hydrogen-bond acceptors (Lipinski definition) is 1. The summed E-state index contributed by atoms with van der Waals surface area (Å²) in [4.78, 5) is 0. The summed E-state index contributed by atoms with van der Waals surface area (Å²) in [5, 5.41) is 14.6. The zero-order valence-electron chi connectivity index (χ0n) is 31.0. The van der Waals surface area contributed by atoms with Crippen molar-refractivity contribution >= 4 is 75.8 Å². The van der Waals surface area contributed by atoms with Crippen molar-refractivity contribution in [1.82, 2.24) is 0 Å². The first-order valence-corrected chi connectivity index (χ1v) is 19.7. The van der Waals surface area contributed by atoms with Crippen LogP contribution >= 0.6 is 0 Å². The Balaban J connectivity index is 1.16.